The zero-order valence-electron chi connectivity index (χ0n) is 15.7. The van der Waals surface area contributed by atoms with Crippen molar-refractivity contribution in [1.29, 1.82) is 0 Å². The van der Waals surface area contributed by atoms with E-state index in [1.807, 2.05) is 0 Å². The molecule has 8 nitrogen and oxygen atoms in total. The van der Waals surface area contributed by atoms with Crippen LogP contribution >= 0.6 is 0 Å². The van der Waals surface area contributed by atoms with Gasteiger partial charge in [-0.3, -0.25) is 4.79 Å². The molecule has 29 heavy (non-hydrogen) atoms. The molecule has 0 spiro atoms. The molecule has 0 fully saturated rings. The highest BCUT2D eigenvalue weighted by Crippen LogP contribution is 2.18. The molecule has 2 heterocycles. The Balaban J connectivity index is 1.85. The van der Waals surface area contributed by atoms with Gasteiger partial charge in [-0.1, -0.05) is 17.2 Å². The Kier molecular flexibility index (Phi) is 4.63. The molecular weight excluding hydrogens is 377 g/mol. The monoisotopic (exact) mass is 394 g/mol. The van der Waals surface area contributed by atoms with Crippen LogP contribution in [0.4, 0.5) is 4.39 Å². The lowest BCUT2D eigenvalue weighted by molar-refractivity contribution is -0.707. The van der Waals surface area contributed by atoms with E-state index in [-0.39, 0.29) is 17.7 Å². The fourth-order valence-electron chi connectivity index (χ4n) is 2.98. The summed E-state index contributed by atoms with van der Waals surface area (Å²) in [4.78, 5) is 32.5. The van der Waals surface area contributed by atoms with Gasteiger partial charge < -0.3 is 4.74 Å². The summed E-state index contributed by atoms with van der Waals surface area (Å²) in [6.45, 7) is -0.00400. The first-order valence-corrected chi connectivity index (χ1v) is 8.76. The fourth-order valence-corrected chi connectivity index (χ4v) is 2.98. The number of hydrogen-bond acceptors (Lipinski definition) is 5. The second-order valence-corrected chi connectivity index (χ2v) is 6.43. The second-order valence-electron chi connectivity index (χ2n) is 6.43. The fraction of sp³-hybridized carbons (Fsp3) is 0.150. The predicted molar refractivity (Wildman–Crippen MR) is 103 cm³/mol. The maximum Gasteiger partial charge on any atom is 0.416 e. The molecular formula is C20H17FN5O3+. The number of fused-ring (bicyclic) bond motifs is 1. The van der Waals surface area contributed by atoms with Gasteiger partial charge in [-0.2, -0.15) is 4.98 Å². The van der Waals surface area contributed by atoms with Crippen LogP contribution < -0.4 is 20.7 Å². The quantitative estimate of drug-likeness (QED) is 0.525. The smallest absolute Gasteiger partial charge is 0.416 e. The van der Waals surface area contributed by atoms with Crippen LogP contribution in [-0.2, 0) is 13.6 Å². The van der Waals surface area contributed by atoms with Crippen molar-refractivity contribution < 1.29 is 13.8 Å². The van der Waals surface area contributed by atoms with Crippen LogP contribution in [0.2, 0.25) is 0 Å². The molecule has 0 radical (unpaired) electrons. The van der Waals surface area contributed by atoms with Crippen molar-refractivity contribution in [3.63, 3.8) is 0 Å². The van der Waals surface area contributed by atoms with E-state index in [9.17, 15) is 14.0 Å². The van der Waals surface area contributed by atoms with Gasteiger partial charge in [-0.25, -0.2) is 18.7 Å². The Morgan fingerprint density at radius 3 is 2.45 bits per heavy atom. The van der Waals surface area contributed by atoms with E-state index in [1.165, 1.54) is 28.9 Å². The first-order valence-electron chi connectivity index (χ1n) is 8.76. The largest absolute Gasteiger partial charge is 0.497 e. The third kappa shape index (κ3) is 3.49. The number of aromatic amines is 1. The zero-order chi connectivity index (χ0) is 20.5. The predicted octanol–water partition coefficient (Wildman–Crippen LogP) is 1.17. The lowest BCUT2D eigenvalue weighted by atomic mass is 10.2. The number of nitrogens with one attached hydrogen (secondary N) is 1. The molecule has 0 saturated carbocycles. The van der Waals surface area contributed by atoms with Crippen molar-refractivity contribution in [2.45, 2.75) is 6.54 Å². The van der Waals surface area contributed by atoms with Crippen LogP contribution in [0.1, 0.15) is 5.56 Å². The molecule has 2 aromatic heterocycles. The van der Waals surface area contributed by atoms with E-state index >= 15 is 0 Å². The van der Waals surface area contributed by atoms with Gasteiger partial charge in [0.15, 0.2) is 0 Å². The van der Waals surface area contributed by atoms with Crippen molar-refractivity contribution in [2.24, 2.45) is 7.05 Å². The summed E-state index contributed by atoms with van der Waals surface area (Å²) in [6, 6.07) is 12.7. The zero-order valence-corrected chi connectivity index (χ0v) is 15.7. The Bertz CT molecular complexity index is 1310. The molecule has 9 heteroatoms. The Hall–Kier alpha value is -3.88. The molecule has 0 aliphatic rings. The lowest BCUT2D eigenvalue weighted by Gasteiger charge is -2.06. The van der Waals surface area contributed by atoms with Crippen molar-refractivity contribution in [3.05, 3.63) is 80.7 Å². The minimum Gasteiger partial charge on any atom is -0.497 e. The van der Waals surface area contributed by atoms with Crippen LogP contribution in [0.25, 0.3) is 22.6 Å². The van der Waals surface area contributed by atoms with Gasteiger partial charge in [0.1, 0.15) is 18.6 Å². The summed E-state index contributed by atoms with van der Waals surface area (Å²) in [6.07, 6.45) is 0. The molecule has 0 atom stereocenters. The number of rotatable bonds is 4. The van der Waals surface area contributed by atoms with E-state index in [0.29, 0.717) is 22.7 Å². The van der Waals surface area contributed by atoms with Gasteiger partial charge in [0.05, 0.1) is 13.7 Å². The van der Waals surface area contributed by atoms with E-state index in [0.717, 1.165) is 4.57 Å². The molecule has 146 valence electrons. The summed E-state index contributed by atoms with van der Waals surface area (Å²) >= 11 is 0. The standard InChI is InChI=1S/C20H16FN5O3/c1-25-18-16(22-17(24-25)13-5-9-15(29-2)10-6-13)19(27)26(20(28)23-18)11-12-3-7-14(21)8-4-12/h3-10H,11H2,1-2H3/p+1. The molecule has 0 unspecified atom stereocenters. The highest BCUT2D eigenvalue weighted by atomic mass is 19.1. The Morgan fingerprint density at radius 2 is 1.79 bits per heavy atom. The van der Waals surface area contributed by atoms with Gasteiger partial charge in [-0.15, -0.1) is 4.68 Å². The molecule has 0 aliphatic heterocycles. The first kappa shape index (κ1) is 18.5. The highest BCUT2D eigenvalue weighted by Gasteiger charge is 2.20. The second kappa shape index (κ2) is 7.27. The Morgan fingerprint density at radius 1 is 1.10 bits per heavy atom. The number of hydrogen-bond donors (Lipinski definition) is 1. The molecule has 2 aromatic carbocycles. The van der Waals surface area contributed by atoms with Gasteiger partial charge in [0.25, 0.3) is 5.56 Å². The minimum absolute atomic E-state index is 0.00400. The van der Waals surface area contributed by atoms with Gasteiger partial charge in [0, 0.05) is 5.56 Å². The molecule has 0 saturated heterocycles. The van der Waals surface area contributed by atoms with E-state index in [1.54, 1.807) is 38.4 Å². The summed E-state index contributed by atoms with van der Waals surface area (Å²) in [7, 11) is 3.19. The van der Waals surface area contributed by atoms with Crippen LogP contribution in [0.15, 0.2) is 58.1 Å². The van der Waals surface area contributed by atoms with Crippen molar-refractivity contribution in [2.75, 3.05) is 7.11 Å². The van der Waals surface area contributed by atoms with Crippen LogP contribution in [-0.4, -0.2) is 26.7 Å². The summed E-state index contributed by atoms with van der Waals surface area (Å²) < 4.78 is 20.7. The number of ether oxygens (including phenoxy) is 1. The summed E-state index contributed by atoms with van der Waals surface area (Å²) in [5, 5.41) is 4.34. The maximum atomic E-state index is 13.1. The van der Waals surface area contributed by atoms with Crippen molar-refractivity contribution in [3.8, 4) is 17.1 Å². The number of nitrogens with zero attached hydrogens (tertiary/aromatic N) is 4. The van der Waals surface area contributed by atoms with E-state index in [2.05, 4.69) is 15.1 Å². The first-order chi connectivity index (χ1) is 14.0. The number of methoxy groups -OCH3 is 1. The third-order valence-electron chi connectivity index (χ3n) is 4.53. The van der Waals surface area contributed by atoms with E-state index in [4.69, 9.17) is 4.74 Å². The molecule has 0 bridgehead atoms. The third-order valence-corrected chi connectivity index (χ3v) is 4.53. The SMILES string of the molecule is COc1ccc(-c2nc3c(=O)n(Cc4ccc(F)cc4)c(=O)[nH]c3[n+](C)n2)cc1. The van der Waals surface area contributed by atoms with Crippen molar-refractivity contribution in [1.82, 2.24) is 19.6 Å². The van der Waals surface area contributed by atoms with Crippen LogP contribution in [0.5, 0.6) is 5.75 Å². The normalized spacial score (nSPS) is 11.0. The number of aromatic nitrogens is 5. The number of aryl methyl sites for hydroxylation is 1. The average Bonchev–Trinajstić information content (AvgIpc) is 2.73. The molecule has 1 N–H and O–H groups in total. The van der Waals surface area contributed by atoms with Crippen LogP contribution in [0, 0.1) is 5.82 Å². The summed E-state index contributed by atoms with van der Waals surface area (Å²) in [5.74, 6) is 0.627. The van der Waals surface area contributed by atoms with Gasteiger partial charge >= 0.3 is 11.3 Å². The Labute approximate surface area is 163 Å². The van der Waals surface area contributed by atoms with E-state index < -0.39 is 17.1 Å². The summed E-state index contributed by atoms with van der Waals surface area (Å²) in [5.41, 5.74) is 0.456. The van der Waals surface area contributed by atoms with Crippen LogP contribution in [0.3, 0.4) is 0 Å². The van der Waals surface area contributed by atoms with Gasteiger partial charge in [-0.05, 0) is 42.0 Å². The van der Waals surface area contributed by atoms with Gasteiger partial charge in [0.2, 0.25) is 11.3 Å². The number of benzene rings is 2. The topological polar surface area (TPSA) is 93.7 Å². The highest BCUT2D eigenvalue weighted by molar-refractivity contribution is 5.68. The lowest BCUT2D eigenvalue weighted by Crippen LogP contribution is -2.43. The molecule has 0 amide bonds. The molecule has 0 aliphatic carbocycles. The maximum absolute atomic E-state index is 13.1. The average molecular weight is 394 g/mol. The number of H-pyrrole nitrogens is 1. The minimum atomic E-state index is -0.594. The number of halogens is 1. The molecule has 4 aromatic rings. The van der Waals surface area contributed by atoms with Crippen molar-refractivity contribution >= 4 is 11.2 Å². The molecule has 4 rings (SSSR count).